The lowest BCUT2D eigenvalue weighted by atomic mass is 9.97. The molecule has 0 aliphatic carbocycles. The first-order valence-corrected chi connectivity index (χ1v) is 7.91. The average Bonchev–Trinajstić information content (AvgIpc) is 2.48. The molecule has 0 aromatic heterocycles. The zero-order valence-corrected chi connectivity index (χ0v) is 14.0. The molecule has 21 heavy (non-hydrogen) atoms. The molecular formula is C15H22BrN3O2. The smallest absolute Gasteiger partial charge is 0.227 e. The van der Waals surface area contributed by atoms with Gasteiger partial charge in [0.1, 0.15) is 0 Å². The number of amidine groups is 1. The number of oxime groups is 1. The van der Waals surface area contributed by atoms with Gasteiger partial charge in [-0.05, 0) is 31.0 Å². The standard InChI is InChI=1S/C15H22BrN3O2/c1-3-5-10(6-4-2)15(20)18-13-8-7-11(16)9-12(13)14(17)19-21/h7-10,21H,3-6H2,1-2H3,(H2,17,19)(H,18,20). The van der Waals surface area contributed by atoms with Gasteiger partial charge in [-0.2, -0.15) is 0 Å². The Morgan fingerprint density at radius 2 is 2.00 bits per heavy atom. The van der Waals surface area contributed by atoms with Crippen LogP contribution in [0.25, 0.3) is 0 Å². The normalized spacial score (nSPS) is 11.7. The number of halogens is 1. The number of hydrogen-bond donors (Lipinski definition) is 3. The number of nitrogens with zero attached hydrogens (tertiary/aromatic N) is 1. The van der Waals surface area contributed by atoms with Crippen molar-refractivity contribution in [2.75, 3.05) is 5.32 Å². The number of rotatable bonds is 7. The SMILES string of the molecule is CCCC(CCC)C(=O)Nc1ccc(Br)cc1/C(N)=N/O. The summed E-state index contributed by atoms with van der Waals surface area (Å²) in [5.41, 5.74) is 6.71. The predicted molar refractivity (Wildman–Crippen MR) is 88.6 cm³/mol. The summed E-state index contributed by atoms with van der Waals surface area (Å²) in [6, 6.07) is 5.25. The number of carbonyl (C=O) groups excluding carboxylic acids is 1. The van der Waals surface area contributed by atoms with Crippen molar-refractivity contribution in [3.8, 4) is 0 Å². The third kappa shape index (κ3) is 5.04. The summed E-state index contributed by atoms with van der Waals surface area (Å²) < 4.78 is 0.792. The van der Waals surface area contributed by atoms with Crippen LogP contribution in [0.4, 0.5) is 5.69 Å². The van der Waals surface area contributed by atoms with E-state index in [1.165, 1.54) is 0 Å². The van der Waals surface area contributed by atoms with Crippen LogP contribution in [-0.4, -0.2) is 17.0 Å². The molecule has 0 aliphatic heterocycles. The minimum atomic E-state index is -0.0332. The Morgan fingerprint density at radius 1 is 1.38 bits per heavy atom. The molecule has 0 unspecified atom stereocenters. The number of amides is 1. The maximum absolute atomic E-state index is 12.4. The van der Waals surface area contributed by atoms with E-state index in [-0.39, 0.29) is 17.7 Å². The van der Waals surface area contributed by atoms with Crippen molar-refractivity contribution in [1.29, 1.82) is 0 Å². The van der Waals surface area contributed by atoms with Gasteiger partial charge in [-0.3, -0.25) is 4.79 Å². The summed E-state index contributed by atoms with van der Waals surface area (Å²) in [5, 5.41) is 14.7. The quantitative estimate of drug-likeness (QED) is 0.301. The molecule has 0 radical (unpaired) electrons. The second kappa shape index (κ2) is 8.67. The minimum Gasteiger partial charge on any atom is -0.409 e. The maximum atomic E-state index is 12.4. The highest BCUT2D eigenvalue weighted by atomic mass is 79.9. The fraction of sp³-hybridized carbons (Fsp3) is 0.467. The molecule has 0 fully saturated rings. The molecular weight excluding hydrogens is 334 g/mol. The predicted octanol–water partition coefficient (Wildman–Crippen LogP) is 3.70. The van der Waals surface area contributed by atoms with E-state index in [0.717, 1.165) is 30.2 Å². The zero-order chi connectivity index (χ0) is 15.8. The van der Waals surface area contributed by atoms with Crippen LogP contribution in [0.15, 0.2) is 27.8 Å². The Hall–Kier alpha value is -1.56. The molecule has 116 valence electrons. The lowest BCUT2D eigenvalue weighted by Crippen LogP contribution is -2.25. The molecule has 4 N–H and O–H groups in total. The molecule has 1 rings (SSSR count). The van der Waals surface area contributed by atoms with Crippen LogP contribution in [0.2, 0.25) is 0 Å². The molecule has 0 spiro atoms. The lowest BCUT2D eigenvalue weighted by molar-refractivity contribution is -0.120. The summed E-state index contributed by atoms with van der Waals surface area (Å²) in [4.78, 5) is 12.4. The van der Waals surface area contributed by atoms with Gasteiger partial charge in [0.25, 0.3) is 0 Å². The first-order chi connectivity index (χ1) is 10.0. The Kier molecular flexibility index (Phi) is 7.22. The Morgan fingerprint density at radius 3 is 2.52 bits per heavy atom. The van der Waals surface area contributed by atoms with Gasteiger partial charge in [0.2, 0.25) is 5.91 Å². The van der Waals surface area contributed by atoms with E-state index in [9.17, 15) is 4.79 Å². The number of nitrogens with one attached hydrogen (secondary N) is 1. The molecule has 0 atom stereocenters. The second-order valence-electron chi connectivity index (χ2n) is 4.94. The van der Waals surface area contributed by atoms with Crippen molar-refractivity contribution in [1.82, 2.24) is 0 Å². The van der Waals surface area contributed by atoms with E-state index in [1.807, 2.05) is 0 Å². The zero-order valence-electron chi connectivity index (χ0n) is 12.4. The second-order valence-corrected chi connectivity index (χ2v) is 5.85. The van der Waals surface area contributed by atoms with Crippen molar-refractivity contribution in [2.45, 2.75) is 39.5 Å². The lowest BCUT2D eigenvalue weighted by Gasteiger charge is -2.17. The highest BCUT2D eigenvalue weighted by molar-refractivity contribution is 9.10. The third-order valence-electron chi connectivity index (χ3n) is 3.27. The van der Waals surface area contributed by atoms with Gasteiger partial charge < -0.3 is 16.3 Å². The molecule has 1 aromatic carbocycles. The molecule has 6 heteroatoms. The highest BCUT2D eigenvalue weighted by Gasteiger charge is 2.18. The van der Waals surface area contributed by atoms with Crippen molar-refractivity contribution in [3.63, 3.8) is 0 Å². The van der Waals surface area contributed by atoms with Gasteiger partial charge in [-0.1, -0.05) is 47.8 Å². The number of nitrogens with two attached hydrogens (primary N) is 1. The fourth-order valence-corrected chi connectivity index (χ4v) is 2.59. The topological polar surface area (TPSA) is 87.7 Å². The van der Waals surface area contributed by atoms with Crippen molar-refractivity contribution >= 4 is 33.4 Å². The largest absolute Gasteiger partial charge is 0.409 e. The number of benzene rings is 1. The van der Waals surface area contributed by atoms with Crippen LogP contribution in [-0.2, 0) is 4.79 Å². The summed E-state index contributed by atoms with van der Waals surface area (Å²) in [7, 11) is 0. The van der Waals surface area contributed by atoms with Crippen LogP contribution in [0.3, 0.4) is 0 Å². The molecule has 0 bridgehead atoms. The van der Waals surface area contributed by atoms with Crippen LogP contribution in [0, 0.1) is 5.92 Å². The van der Waals surface area contributed by atoms with E-state index in [0.29, 0.717) is 11.3 Å². The number of carbonyl (C=O) groups is 1. The van der Waals surface area contributed by atoms with Crippen molar-refractivity contribution < 1.29 is 10.0 Å². The third-order valence-corrected chi connectivity index (χ3v) is 3.76. The highest BCUT2D eigenvalue weighted by Crippen LogP contribution is 2.23. The number of anilines is 1. The Balaban J connectivity index is 2.98. The van der Waals surface area contributed by atoms with E-state index in [2.05, 4.69) is 40.2 Å². The summed E-state index contributed by atoms with van der Waals surface area (Å²) in [6.07, 6.45) is 3.64. The molecule has 5 nitrogen and oxygen atoms in total. The van der Waals surface area contributed by atoms with Gasteiger partial charge in [0, 0.05) is 16.0 Å². The summed E-state index contributed by atoms with van der Waals surface area (Å²) in [6.45, 7) is 4.13. The number of hydrogen-bond acceptors (Lipinski definition) is 3. The molecule has 0 saturated carbocycles. The molecule has 0 saturated heterocycles. The van der Waals surface area contributed by atoms with Crippen molar-refractivity contribution in [3.05, 3.63) is 28.2 Å². The molecule has 1 aromatic rings. The van der Waals surface area contributed by atoms with E-state index < -0.39 is 0 Å². The van der Waals surface area contributed by atoms with E-state index in [1.54, 1.807) is 18.2 Å². The fourth-order valence-electron chi connectivity index (χ4n) is 2.23. The van der Waals surface area contributed by atoms with E-state index in [4.69, 9.17) is 10.9 Å². The minimum absolute atomic E-state index is 0.0104. The van der Waals surface area contributed by atoms with Gasteiger partial charge >= 0.3 is 0 Å². The summed E-state index contributed by atoms with van der Waals surface area (Å²) in [5.74, 6) is -0.0640. The van der Waals surface area contributed by atoms with Gasteiger partial charge in [0.05, 0.1) is 5.69 Å². The molecule has 0 aliphatic rings. The van der Waals surface area contributed by atoms with Crippen LogP contribution in [0.5, 0.6) is 0 Å². The van der Waals surface area contributed by atoms with Crippen LogP contribution < -0.4 is 11.1 Å². The molecule has 1 amide bonds. The van der Waals surface area contributed by atoms with Gasteiger partial charge in [0.15, 0.2) is 5.84 Å². The first-order valence-electron chi connectivity index (χ1n) is 7.11. The van der Waals surface area contributed by atoms with Crippen LogP contribution >= 0.6 is 15.9 Å². The molecule has 0 heterocycles. The first kappa shape index (κ1) is 17.5. The average molecular weight is 356 g/mol. The van der Waals surface area contributed by atoms with Crippen LogP contribution in [0.1, 0.15) is 45.1 Å². The summed E-state index contributed by atoms with van der Waals surface area (Å²) >= 11 is 3.33. The Labute approximate surface area is 133 Å². The maximum Gasteiger partial charge on any atom is 0.227 e. The Bertz CT molecular complexity index is 512. The van der Waals surface area contributed by atoms with Gasteiger partial charge in [-0.25, -0.2) is 0 Å². The van der Waals surface area contributed by atoms with E-state index >= 15 is 0 Å². The monoisotopic (exact) mass is 355 g/mol. The van der Waals surface area contributed by atoms with Gasteiger partial charge in [-0.15, -0.1) is 0 Å². The van der Waals surface area contributed by atoms with Crippen molar-refractivity contribution in [2.24, 2.45) is 16.8 Å².